The Balaban J connectivity index is 2.10. The average molecular weight is 340 g/mol. The van der Waals surface area contributed by atoms with Crippen molar-refractivity contribution in [1.82, 2.24) is 4.90 Å². The van der Waals surface area contributed by atoms with Crippen LogP contribution in [0.1, 0.15) is 29.6 Å². The number of piperidine rings is 1. The molecule has 0 aliphatic carbocycles. The van der Waals surface area contributed by atoms with E-state index in [1.54, 1.807) is 6.07 Å². The second kappa shape index (κ2) is 7.34. The van der Waals surface area contributed by atoms with Gasteiger partial charge in [-0.2, -0.15) is 5.26 Å². The van der Waals surface area contributed by atoms with Gasteiger partial charge in [-0.1, -0.05) is 0 Å². The Kier molecular flexibility index (Phi) is 5.44. The number of rotatable bonds is 4. The smallest absolute Gasteiger partial charge is 0.406 e. The highest BCUT2D eigenvalue weighted by molar-refractivity contribution is 6.12. The number of ketones is 1. The molecule has 24 heavy (non-hydrogen) atoms. The van der Waals surface area contributed by atoms with Gasteiger partial charge in [-0.15, -0.1) is 13.2 Å². The molecule has 0 N–H and O–H groups in total. The van der Waals surface area contributed by atoms with Gasteiger partial charge in [0.25, 0.3) is 0 Å². The van der Waals surface area contributed by atoms with Gasteiger partial charge in [0, 0.05) is 18.7 Å². The van der Waals surface area contributed by atoms with Crippen LogP contribution < -0.4 is 4.74 Å². The topological polar surface area (TPSA) is 70.4 Å². The highest BCUT2D eigenvalue weighted by Gasteiger charge is 2.33. The number of ether oxygens (including phenoxy) is 1. The van der Waals surface area contributed by atoms with Crippen molar-refractivity contribution in [2.24, 2.45) is 5.92 Å². The van der Waals surface area contributed by atoms with Crippen LogP contribution in [-0.2, 0) is 4.79 Å². The van der Waals surface area contributed by atoms with E-state index in [0.717, 1.165) is 43.5 Å². The number of hydrogen-bond acceptors (Lipinski definition) is 4. The molecule has 2 rings (SSSR count). The van der Waals surface area contributed by atoms with E-state index in [1.807, 2.05) is 0 Å². The summed E-state index contributed by atoms with van der Waals surface area (Å²) < 4.78 is 40.1. The second-order valence-corrected chi connectivity index (χ2v) is 5.38. The maximum absolute atomic E-state index is 12.3. The van der Waals surface area contributed by atoms with Gasteiger partial charge >= 0.3 is 6.36 Å². The molecule has 1 aromatic rings. The summed E-state index contributed by atoms with van der Waals surface area (Å²) in [6.07, 6.45) is -2.19. The molecule has 0 radical (unpaired) electrons. The molecule has 8 heteroatoms. The number of likely N-dealkylation sites (tertiary alicyclic amines) is 1. The minimum Gasteiger partial charge on any atom is -0.406 e. The van der Waals surface area contributed by atoms with Crippen molar-refractivity contribution in [3.8, 4) is 11.8 Å². The lowest BCUT2D eigenvalue weighted by molar-refractivity contribution is -0.274. The van der Waals surface area contributed by atoms with E-state index in [0.29, 0.717) is 13.1 Å². The van der Waals surface area contributed by atoms with Crippen molar-refractivity contribution in [3.63, 3.8) is 0 Å². The number of carbonyl (C=O) groups is 2. The normalized spacial score (nSPS) is 16.2. The van der Waals surface area contributed by atoms with Crippen LogP contribution in [0.3, 0.4) is 0 Å². The maximum Gasteiger partial charge on any atom is 0.573 e. The third-order valence-electron chi connectivity index (χ3n) is 3.68. The zero-order valence-corrected chi connectivity index (χ0v) is 12.7. The quantitative estimate of drug-likeness (QED) is 0.624. The fourth-order valence-electron chi connectivity index (χ4n) is 2.51. The van der Waals surface area contributed by atoms with Crippen LogP contribution in [0.15, 0.2) is 24.3 Å². The van der Waals surface area contributed by atoms with Crippen LogP contribution in [0.25, 0.3) is 0 Å². The minimum absolute atomic E-state index is 0.0126. The molecule has 1 aromatic carbocycles. The molecule has 1 fully saturated rings. The summed E-state index contributed by atoms with van der Waals surface area (Å²) in [5, 5.41) is 9.17. The van der Waals surface area contributed by atoms with Crippen molar-refractivity contribution in [1.29, 1.82) is 5.26 Å². The first-order chi connectivity index (χ1) is 11.3. The zero-order chi connectivity index (χ0) is 17.7. The van der Waals surface area contributed by atoms with Crippen molar-refractivity contribution < 1.29 is 27.5 Å². The zero-order valence-electron chi connectivity index (χ0n) is 12.7. The Morgan fingerprint density at radius 2 is 1.71 bits per heavy atom. The van der Waals surface area contributed by atoms with E-state index in [1.165, 1.54) is 4.90 Å². The van der Waals surface area contributed by atoms with E-state index in [-0.39, 0.29) is 5.56 Å². The number of nitrogens with zero attached hydrogens (tertiary/aromatic N) is 2. The fraction of sp³-hybridized carbons (Fsp3) is 0.438. The van der Waals surface area contributed by atoms with Gasteiger partial charge in [0.15, 0.2) is 11.7 Å². The van der Waals surface area contributed by atoms with Gasteiger partial charge in [-0.05, 0) is 43.5 Å². The van der Waals surface area contributed by atoms with Crippen LogP contribution in [0.5, 0.6) is 5.75 Å². The Morgan fingerprint density at radius 3 is 2.21 bits per heavy atom. The molecule has 0 aromatic heterocycles. The van der Waals surface area contributed by atoms with Gasteiger partial charge in [0.05, 0.1) is 6.07 Å². The first-order valence-corrected chi connectivity index (χ1v) is 7.40. The van der Waals surface area contributed by atoms with Gasteiger partial charge < -0.3 is 9.64 Å². The monoisotopic (exact) mass is 340 g/mol. The largest absolute Gasteiger partial charge is 0.573 e. The standard InChI is InChI=1S/C16H15F3N2O3/c17-16(18,19)24-12-6-4-11(5-7-12)14(22)13(10-20)15(23)21-8-2-1-3-9-21/h4-7,13H,1-3,8-9H2. The molecule has 0 bridgehead atoms. The fourth-order valence-corrected chi connectivity index (χ4v) is 2.51. The molecule has 5 nitrogen and oxygen atoms in total. The second-order valence-electron chi connectivity index (χ2n) is 5.38. The molecule has 1 aliphatic rings. The lowest BCUT2D eigenvalue weighted by Crippen LogP contribution is -2.41. The number of halogens is 3. The number of Topliss-reactive ketones (excluding diaryl/α,β-unsaturated/α-hetero) is 1. The van der Waals surface area contributed by atoms with Crippen LogP contribution in [0, 0.1) is 17.2 Å². The Bertz CT molecular complexity index is 644. The number of benzene rings is 1. The third-order valence-corrected chi connectivity index (χ3v) is 3.68. The first kappa shape index (κ1) is 17.8. The van der Waals surface area contributed by atoms with E-state index >= 15 is 0 Å². The Morgan fingerprint density at radius 1 is 1.12 bits per heavy atom. The summed E-state index contributed by atoms with van der Waals surface area (Å²) >= 11 is 0. The Hall–Kier alpha value is -2.56. The van der Waals surface area contributed by atoms with E-state index in [4.69, 9.17) is 0 Å². The molecule has 1 saturated heterocycles. The summed E-state index contributed by atoms with van der Waals surface area (Å²) in [5.74, 6) is -3.25. The molecular weight excluding hydrogens is 325 g/mol. The molecule has 0 spiro atoms. The molecule has 1 atom stereocenters. The predicted molar refractivity (Wildman–Crippen MR) is 77.0 cm³/mol. The lowest BCUT2D eigenvalue weighted by Gasteiger charge is -2.28. The number of carbonyl (C=O) groups excluding carboxylic acids is 2. The number of alkyl halides is 3. The molecule has 1 unspecified atom stereocenters. The van der Waals surface area contributed by atoms with E-state index < -0.39 is 29.7 Å². The molecule has 128 valence electrons. The van der Waals surface area contributed by atoms with Gasteiger partial charge in [-0.25, -0.2) is 0 Å². The number of amides is 1. The predicted octanol–water partition coefficient (Wildman–Crippen LogP) is 2.92. The van der Waals surface area contributed by atoms with Crippen molar-refractivity contribution in [3.05, 3.63) is 29.8 Å². The van der Waals surface area contributed by atoms with Crippen LogP contribution in [0.4, 0.5) is 13.2 Å². The number of hydrogen-bond donors (Lipinski definition) is 0. The summed E-state index contributed by atoms with van der Waals surface area (Å²) in [5.41, 5.74) is -0.0126. The highest BCUT2D eigenvalue weighted by Crippen LogP contribution is 2.24. The van der Waals surface area contributed by atoms with Crippen molar-refractivity contribution in [2.75, 3.05) is 13.1 Å². The maximum atomic E-state index is 12.3. The number of nitriles is 1. The minimum atomic E-state index is -4.83. The first-order valence-electron chi connectivity index (χ1n) is 7.40. The summed E-state index contributed by atoms with van der Waals surface area (Å²) in [4.78, 5) is 26.1. The SMILES string of the molecule is N#CC(C(=O)c1ccc(OC(F)(F)F)cc1)C(=O)N1CCCCC1. The van der Waals surface area contributed by atoms with Gasteiger partial charge in [-0.3, -0.25) is 9.59 Å². The Labute approximate surface area is 136 Å². The van der Waals surface area contributed by atoms with E-state index in [2.05, 4.69) is 4.74 Å². The van der Waals surface area contributed by atoms with Crippen molar-refractivity contribution >= 4 is 11.7 Å². The molecule has 1 aliphatic heterocycles. The van der Waals surface area contributed by atoms with Crippen LogP contribution in [-0.4, -0.2) is 36.0 Å². The van der Waals surface area contributed by atoms with Gasteiger partial charge in [0.2, 0.25) is 5.91 Å². The summed E-state index contributed by atoms with van der Waals surface area (Å²) in [6.45, 7) is 1.01. The molecule has 1 heterocycles. The van der Waals surface area contributed by atoms with Crippen LogP contribution >= 0.6 is 0 Å². The molecular formula is C16H15F3N2O3. The lowest BCUT2D eigenvalue weighted by atomic mass is 9.96. The molecule has 1 amide bonds. The van der Waals surface area contributed by atoms with Crippen molar-refractivity contribution in [2.45, 2.75) is 25.6 Å². The third kappa shape index (κ3) is 4.47. The van der Waals surface area contributed by atoms with Gasteiger partial charge in [0.1, 0.15) is 5.75 Å². The van der Waals surface area contributed by atoms with Crippen LogP contribution in [0.2, 0.25) is 0 Å². The summed E-state index contributed by atoms with van der Waals surface area (Å²) in [7, 11) is 0. The van der Waals surface area contributed by atoms with E-state index in [9.17, 15) is 28.0 Å². The molecule has 0 saturated carbocycles. The summed E-state index contributed by atoms with van der Waals surface area (Å²) in [6, 6.07) is 5.86. The highest BCUT2D eigenvalue weighted by atomic mass is 19.4. The average Bonchev–Trinajstić information content (AvgIpc) is 2.55.